The van der Waals surface area contributed by atoms with E-state index >= 15 is 0 Å². The van der Waals surface area contributed by atoms with Crippen LogP contribution in [0.25, 0.3) is 11.1 Å². The molecule has 0 radical (unpaired) electrons. The highest BCUT2D eigenvalue weighted by atomic mass is 35.5. The number of halogens is 6. The number of nitrogens with zero attached hydrogens (tertiary/aromatic N) is 1. The number of sulfonamides is 1. The molecule has 0 unspecified atom stereocenters. The van der Waals surface area contributed by atoms with Crippen LogP contribution in [0.1, 0.15) is 19.3 Å². The SMILES string of the molecule is O=C(NS(=O)(=O)c1cc(-c2c(F)cc(F)c(F)c2F)c(F)cc1Cl)N1CCCCC1. The molecule has 1 saturated heterocycles. The van der Waals surface area contributed by atoms with Gasteiger partial charge in [-0.25, -0.2) is 39.9 Å². The van der Waals surface area contributed by atoms with Gasteiger partial charge in [-0.05, 0) is 31.4 Å². The molecule has 30 heavy (non-hydrogen) atoms. The van der Waals surface area contributed by atoms with Gasteiger partial charge in [0.1, 0.15) is 16.5 Å². The average Bonchev–Trinajstić information content (AvgIpc) is 2.68. The number of nitrogens with one attached hydrogen (secondary N) is 1. The molecule has 12 heteroatoms. The highest BCUT2D eigenvalue weighted by Gasteiger charge is 2.29. The van der Waals surface area contributed by atoms with Crippen molar-refractivity contribution in [2.45, 2.75) is 24.2 Å². The van der Waals surface area contributed by atoms with Crippen LogP contribution in [0.4, 0.5) is 26.7 Å². The normalized spacial score (nSPS) is 14.7. The highest BCUT2D eigenvalue weighted by molar-refractivity contribution is 7.90. The number of likely N-dealkylation sites (tertiary alicyclic amines) is 1. The van der Waals surface area contributed by atoms with Gasteiger partial charge < -0.3 is 4.90 Å². The number of hydrogen-bond acceptors (Lipinski definition) is 3. The van der Waals surface area contributed by atoms with Crippen molar-refractivity contribution in [2.24, 2.45) is 0 Å². The maximum Gasteiger partial charge on any atom is 0.331 e. The summed E-state index contributed by atoms with van der Waals surface area (Å²) in [7, 11) is -4.68. The lowest BCUT2D eigenvalue weighted by atomic mass is 10.0. The van der Waals surface area contributed by atoms with Gasteiger partial charge >= 0.3 is 6.03 Å². The average molecular weight is 469 g/mol. The fourth-order valence-corrected chi connectivity index (χ4v) is 4.58. The minimum atomic E-state index is -4.68. The molecule has 2 amide bonds. The van der Waals surface area contributed by atoms with Gasteiger partial charge in [-0.15, -0.1) is 0 Å². The van der Waals surface area contributed by atoms with Gasteiger partial charge in [-0.1, -0.05) is 11.6 Å². The molecule has 1 heterocycles. The molecular formula is C18H14ClF5N2O3S. The summed E-state index contributed by atoms with van der Waals surface area (Å²) in [6.45, 7) is 0.657. The summed E-state index contributed by atoms with van der Waals surface area (Å²) in [6, 6.07) is -0.0604. The summed E-state index contributed by atoms with van der Waals surface area (Å²) < 4.78 is 96.2. The van der Waals surface area contributed by atoms with Gasteiger partial charge in [0.2, 0.25) is 0 Å². The van der Waals surface area contributed by atoms with Crippen molar-refractivity contribution in [1.29, 1.82) is 0 Å². The van der Waals surface area contributed by atoms with Gasteiger partial charge in [0.05, 0.1) is 10.6 Å². The fourth-order valence-electron chi connectivity index (χ4n) is 3.07. The molecule has 3 rings (SSSR count). The molecule has 1 N–H and O–H groups in total. The van der Waals surface area contributed by atoms with Crippen molar-refractivity contribution in [3.63, 3.8) is 0 Å². The second kappa shape index (κ2) is 8.38. The smallest absolute Gasteiger partial charge is 0.324 e. The number of carbonyl (C=O) groups excluding carboxylic acids is 1. The van der Waals surface area contributed by atoms with Crippen molar-refractivity contribution in [3.05, 3.63) is 52.3 Å². The van der Waals surface area contributed by atoms with E-state index in [4.69, 9.17) is 11.6 Å². The number of hydrogen-bond donors (Lipinski definition) is 1. The Kier molecular flexibility index (Phi) is 6.23. The summed E-state index contributed by atoms with van der Waals surface area (Å²) in [5.74, 6) is -9.00. The summed E-state index contributed by atoms with van der Waals surface area (Å²) in [5.41, 5.74) is -2.33. The van der Waals surface area contributed by atoms with Crippen LogP contribution in [-0.4, -0.2) is 32.4 Å². The number of benzene rings is 2. The zero-order chi connectivity index (χ0) is 22.2. The second-order valence-corrected chi connectivity index (χ2v) is 8.62. The van der Waals surface area contributed by atoms with E-state index in [1.54, 1.807) is 4.72 Å². The van der Waals surface area contributed by atoms with Crippen molar-refractivity contribution in [1.82, 2.24) is 9.62 Å². The lowest BCUT2D eigenvalue weighted by Crippen LogP contribution is -2.45. The molecule has 1 aliphatic rings. The molecule has 0 aliphatic carbocycles. The number of rotatable bonds is 3. The van der Waals surface area contributed by atoms with Crippen LogP contribution in [-0.2, 0) is 10.0 Å². The third-order valence-electron chi connectivity index (χ3n) is 4.56. The maximum atomic E-state index is 14.3. The van der Waals surface area contributed by atoms with E-state index in [0.717, 1.165) is 6.42 Å². The minimum Gasteiger partial charge on any atom is -0.324 e. The molecule has 0 saturated carbocycles. The Balaban J connectivity index is 2.06. The Morgan fingerprint density at radius 1 is 0.900 bits per heavy atom. The van der Waals surface area contributed by atoms with Crippen molar-refractivity contribution in [2.75, 3.05) is 13.1 Å². The van der Waals surface area contributed by atoms with Crippen molar-refractivity contribution < 1.29 is 35.2 Å². The molecule has 1 fully saturated rings. The molecule has 162 valence electrons. The Morgan fingerprint density at radius 3 is 2.17 bits per heavy atom. The molecule has 1 aliphatic heterocycles. The zero-order valence-electron chi connectivity index (χ0n) is 15.1. The first-order valence-corrected chi connectivity index (χ1v) is 10.5. The molecule has 2 aromatic carbocycles. The van der Waals surface area contributed by atoms with Crippen molar-refractivity contribution >= 4 is 27.7 Å². The van der Waals surface area contributed by atoms with E-state index in [-0.39, 0.29) is 6.07 Å². The monoisotopic (exact) mass is 468 g/mol. The Morgan fingerprint density at radius 2 is 1.53 bits per heavy atom. The van der Waals surface area contributed by atoms with Crippen LogP contribution < -0.4 is 4.72 Å². The number of amides is 2. The summed E-state index contributed by atoms with van der Waals surface area (Å²) in [6.07, 6.45) is 2.25. The second-order valence-electron chi connectivity index (χ2n) is 6.56. The van der Waals surface area contributed by atoms with E-state index in [1.165, 1.54) is 4.90 Å². The van der Waals surface area contributed by atoms with E-state index in [2.05, 4.69) is 0 Å². The Labute approximate surface area is 173 Å². The summed E-state index contributed by atoms with van der Waals surface area (Å²) >= 11 is 5.77. The van der Waals surface area contributed by atoms with Crippen molar-refractivity contribution in [3.8, 4) is 11.1 Å². The number of urea groups is 1. The van der Waals surface area contributed by atoms with E-state index in [0.29, 0.717) is 38.1 Å². The van der Waals surface area contributed by atoms with Gasteiger partial charge in [-0.2, -0.15) is 0 Å². The highest BCUT2D eigenvalue weighted by Crippen LogP contribution is 2.35. The Hall–Kier alpha value is -2.40. The van der Waals surface area contributed by atoms with Crippen LogP contribution >= 0.6 is 11.6 Å². The summed E-state index contributed by atoms with van der Waals surface area (Å²) in [5, 5.41) is -0.682. The lowest BCUT2D eigenvalue weighted by molar-refractivity contribution is 0.192. The minimum absolute atomic E-state index is 0.00585. The third kappa shape index (κ3) is 4.22. The standard InChI is InChI=1S/C18H14ClF5N2O3S/c19-10-7-11(20)9(15-12(21)8-13(22)16(23)17(15)24)6-14(10)30(28,29)25-18(27)26-4-2-1-3-5-26/h6-8H,1-5H2,(H,25,27). The first-order chi connectivity index (χ1) is 14.0. The fraction of sp³-hybridized carbons (Fsp3) is 0.278. The predicted octanol–water partition coefficient (Wildman–Crippen LogP) is 4.59. The lowest BCUT2D eigenvalue weighted by Gasteiger charge is -2.26. The molecule has 0 bridgehead atoms. The first-order valence-electron chi connectivity index (χ1n) is 8.67. The molecule has 2 aromatic rings. The van der Waals surface area contributed by atoms with Gasteiger partial charge in [0.25, 0.3) is 10.0 Å². The van der Waals surface area contributed by atoms with Crippen LogP contribution in [0.5, 0.6) is 0 Å². The van der Waals surface area contributed by atoms with E-state index in [9.17, 15) is 35.2 Å². The third-order valence-corrected chi connectivity index (χ3v) is 6.34. The number of piperidine rings is 1. The molecule has 0 spiro atoms. The topological polar surface area (TPSA) is 66.5 Å². The van der Waals surface area contributed by atoms with Gasteiger partial charge in [0, 0.05) is 24.7 Å². The van der Waals surface area contributed by atoms with Crippen LogP contribution in [0, 0.1) is 29.1 Å². The van der Waals surface area contributed by atoms with Crippen LogP contribution in [0.2, 0.25) is 5.02 Å². The molecule has 0 atom stereocenters. The maximum absolute atomic E-state index is 14.3. The predicted molar refractivity (Wildman–Crippen MR) is 97.8 cm³/mol. The van der Waals surface area contributed by atoms with Gasteiger partial charge in [-0.3, -0.25) is 0 Å². The zero-order valence-corrected chi connectivity index (χ0v) is 16.7. The van der Waals surface area contributed by atoms with E-state index < -0.39 is 66.2 Å². The van der Waals surface area contributed by atoms with Crippen LogP contribution in [0.15, 0.2) is 23.1 Å². The Bertz CT molecular complexity index is 1120. The largest absolute Gasteiger partial charge is 0.331 e. The van der Waals surface area contributed by atoms with Gasteiger partial charge in [0.15, 0.2) is 17.5 Å². The summed E-state index contributed by atoms with van der Waals surface area (Å²) in [4.78, 5) is 12.6. The van der Waals surface area contributed by atoms with Crippen LogP contribution in [0.3, 0.4) is 0 Å². The molecule has 0 aromatic heterocycles. The first kappa shape index (κ1) is 22.3. The number of carbonyl (C=O) groups is 1. The van der Waals surface area contributed by atoms with E-state index in [1.807, 2.05) is 0 Å². The molecular weight excluding hydrogens is 455 g/mol. The molecule has 5 nitrogen and oxygen atoms in total. The quantitative estimate of drug-likeness (QED) is 0.407.